The van der Waals surface area contributed by atoms with Crippen molar-refractivity contribution in [2.24, 2.45) is 0 Å². The van der Waals surface area contributed by atoms with Crippen molar-refractivity contribution in [1.29, 1.82) is 0 Å². The van der Waals surface area contributed by atoms with Gasteiger partial charge in [-0.05, 0) is 6.92 Å². The number of halogens is 3. The third-order valence-corrected chi connectivity index (χ3v) is 3.41. The van der Waals surface area contributed by atoms with Crippen LogP contribution in [0.4, 0.5) is 18.3 Å². The summed E-state index contributed by atoms with van der Waals surface area (Å²) >= 11 is 0.451. The Morgan fingerprint density at radius 1 is 1.47 bits per heavy atom. The van der Waals surface area contributed by atoms with Gasteiger partial charge in [-0.3, -0.25) is 4.79 Å². The molecule has 1 aliphatic rings. The number of nitrogens with one attached hydrogen (secondary N) is 1. The zero-order chi connectivity index (χ0) is 12.6. The predicted octanol–water partition coefficient (Wildman–Crippen LogP) is 0.882. The third-order valence-electron chi connectivity index (χ3n) is 2.40. The van der Waals surface area contributed by atoms with E-state index in [4.69, 9.17) is 0 Å². The van der Waals surface area contributed by atoms with Gasteiger partial charge in [0.1, 0.15) is 6.04 Å². The number of anilines is 1. The summed E-state index contributed by atoms with van der Waals surface area (Å²) < 4.78 is 37.1. The first-order chi connectivity index (χ1) is 7.89. The molecule has 94 valence electrons. The lowest BCUT2D eigenvalue weighted by atomic mass is 10.2. The molecule has 0 spiro atoms. The molecular weight excluding hydrogens is 257 g/mol. The molecule has 0 bridgehead atoms. The van der Waals surface area contributed by atoms with Crippen molar-refractivity contribution in [2.75, 3.05) is 18.0 Å². The highest BCUT2D eigenvalue weighted by Gasteiger charge is 2.37. The summed E-state index contributed by atoms with van der Waals surface area (Å²) in [4.78, 5) is 12.9. The van der Waals surface area contributed by atoms with Gasteiger partial charge in [0.15, 0.2) is 0 Å². The zero-order valence-electron chi connectivity index (χ0n) is 8.78. The highest BCUT2D eigenvalue weighted by molar-refractivity contribution is 7.15. The van der Waals surface area contributed by atoms with E-state index in [1.165, 1.54) is 4.90 Å². The molecule has 1 amide bonds. The van der Waals surface area contributed by atoms with Crippen LogP contribution in [-0.4, -0.2) is 35.2 Å². The minimum Gasteiger partial charge on any atom is -0.353 e. The smallest absolute Gasteiger partial charge is 0.353 e. The van der Waals surface area contributed by atoms with Crippen molar-refractivity contribution < 1.29 is 18.0 Å². The normalized spacial score (nSPS) is 21.5. The predicted molar refractivity (Wildman–Crippen MR) is 54.7 cm³/mol. The molecule has 0 saturated carbocycles. The van der Waals surface area contributed by atoms with E-state index in [1.54, 1.807) is 6.92 Å². The standard InChI is InChI=1S/C8H9F3N4OS/c1-4-5(16)12-2-3-15(4)7-14-13-6(17-7)8(9,10)11/h4H,2-3H2,1H3,(H,12,16). The van der Waals surface area contributed by atoms with Gasteiger partial charge in [0, 0.05) is 13.1 Å². The van der Waals surface area contributed by atoms with Crippen LogP contribution in [0.3, 0.4) is 0 Å². The number of amides is 1. The van der Waals surface area contributed by atoms with Crippen LogP contribution in [0.5, 0.6) is 0 Å². The van der Waals surface area contributed by atoms with Gasteiger partial charge < -0.3 is 10.2 Å². The maximum Gasteiger partial charge on any atom is 0.445 e. The average Bonchev–Trinajstić information content (AvgIpc) is 2.70. The molecule has 1 saturated heterocycles. The topological polar surface area (TPSA) is 58.1 Å². The van der Waals surface area contributed by atoms with Gasteiger partial charge in [0.25, 0.3) is 0 Å². The SMILES string of the molecule is CC1C(=O)NCCN1c1nnc(C(F)(F)F)s1. The fourth-order valence-corrected chi connectivity index (χ4v) is 2.31. The lowest BCUT2D eigenvalue weighted by Gasteiger charge is -2.31. The van der Waals surface area contributed by atoms with Gasteiger partial charge in [-0.25, -0.2) is 0 Å². The van der Waals surface area contributed by atoms with Crippen molar-refractivity contribution in [2.45, 2.75) is 19.1 Å². The number of hydrogen-bond donors (Lipinski definition) is 1. The Morgan fingerprint density at radius 3 is 2.76 bits per heavy atom. The number of carbonyl (C=O) groups excluding carboxylic acids is 1. The van der Waals surface area contributed by atoms with Crippen molar-refractivity contribution in [1.82, 2.24) is 15.5 Å². The molecule has 0 aromatic carbocycles. The second-order valence-corrected chi connectivity index (χ2v) is 4.50. The summed E-state index contributed by atoms with van der Waals surface area (Å²) in [5.41, 5.74) is 0. The second-order valence-electron chi connectivity index (χ2n) is 3.55. The lowest BCUT2D eigenvalue weighted by molar-refractivity contribution is -0.138. The number of nitrogens with zero attached hydrogens (tertiary/aromatic N) is 3. The Balaban J connectivity index is 2.22. The maximum absolute atomic E-state index is 12.4. The van der Waals surface area contributed by atoms with E-state index in [-0.39, 0.29) is 11.0 Å². The Bertz CT molecular complexity index is 433. The lowest BCUT2D eigenvalue weighted by Crippen LogP contribution is -2.54. The summed E-state index contributed by atoms with van der Waals surface area (Å²) in [5.74, 6) is -0.222. The highest BCUT2D eigenvalue weighted by Crippen LogP contribution is 2.34. The second kappa shape index (κ2) is 4.13. The van der Waals surface area contributed by atoms with Crippen LogP contribution in [-0.2, 0) is 11.0 Å². The first-order valence-corrected chi connectivity index (χ1v) is 5.66. The Hall–Kier alpha value is -1.38. The quantitative estimate of drug-likeness (QED) is 0.820. The summed E-state index contributed by atoms with van der Waals surface area (Å²) in [5, 5.41) is 8.33. The van der Waals surface area contributed by atoms with E-state index in [1.807, 2.05) is 0 Å². The van der Waals surface area contributed by atoms with Crippen molar-refractivity contribution in [3.8, 4) is 0 Å². The van der Waals surface area contributed by atoms with Gasteiger partial charge in [0.2, 0.25) is 16.0 Å². The van der Waals surface area contributed by atoms with E-state index >= 15 is 0 Å². The zero-order valence-corrected chi connectivity index (χ0v) is 9.60. The number of aromatic nitrogens is 2. The Labute approximate surface area is 98.6 Å². The minimum atomic E-state index is -4.49. The first-order valence-electron chi connectivity index (χ1n) is 4.84. The van der Waals surface area contributed by atoms with Crippen LogP contribution in [0.15, 0.2) is 0 Å². The molecule has 1 aromatic heterocycles. The molecule has 2 rings (SSSR count). The van der Waals surface area contributed by atoms with Crippen molar-refractivity contribution >= 4 is 22.4 Å². The summed E-state index contributed by atoms with van der Waals surface area (Å²) in [7, 11) is 0. The highest BCUT2D eigenvalue weighted by atomic mass is 32.1. The molecule has 1 atom stereocenters. The van der Waals surface area contributed by atoms with Crippen LogP contribution < -0.4 is 10.2 Å². The first kappa shape index (κ1) is 12.1. The fraction of sp³-hybridized carbons (Fsp3) is 0.625. The number of carbonyl (C=O) groups is 1. The summed E-state index contributed by atoms with van der Waals surface area (Å²) in [6.45, 7) is 2.44. The monoisotopic (exact) mass is 266 g/mol. The molecule has 1 aliphatic heterocycles. The molecule has 1 aromatic rings. The molecule has 0 aliphatic carbocycles. The van der Waals surface area contributed by atoms with E-state index in [9.17, 15) is 18.0 Å². The molecule has 9 heteroatoms. The number of rotatable bonds is 1. The average molecular weight is 266 g/mol. The van der Waals surface area contributed by atoms with Gasteiger partial charge in [-0.15, -0.1) is 10.2 Å². The largest absolute Gasteiger partial charge is 0.445 e. The van der Waals surface area contributed by atoms with E-state index in [0.717, 1.165) is 0 Å². The van der Waals surface area contributed by atoms with Gasteiger partial charge >= 0.3 is 6.18 Å². The molecule has 2 heterocycles. The molecule has 1 fully saturated rings. The fourth-order valence-electron chi connectivity index (χ4n) is 1.49. The molecule has 0 radical (unpaired) electrons. The van der Waals surface area contributed by atoms with Crippen LogP contribution in [0.2, 0.25) is 0 Å². The minimum absolute atomic E-state index is 0.125. The van der Waals surface area contributed by atoms with Crippen molar-refractivity contribution in [3.63, 3.8) is 0 Å². The summed E-state index contributed by atoms with van der Waals surface area (Å²) in [6.07, 6.45) is -4.49. The third kappa shape index (κ3) is 2.33. The maximum atomic E-state index is 12.4. The van der Waals surface area contributed by atoms with Crippen LogP contribution in [0.1, 0.15) is 11.9 Å². The molecule has 1 N–H and O–H groups in total. The van der Waals surface area contributed by atoms with Crippen LogP contribution >= 0.6 is 11.3 Å². The molecule has 1 unspecified atom stereocenters. The Kier molecular flexibility index (Phi) is 2.94. The van der Waals surface area contributed by atoms with Crippen LogP contribution in [0, 0.1) is 0 Å². The van der Waals surface area contributed by atoms with E-state index < -0.39 is 17.2 Å². The molecular formula is C8H9F3N4OS. The van der Waals surface area contributed by atoms with E-state index in [0.29, 0.717) is 24.4 Å². The Morgan fingerprint density at radius 2 is 2.18 bits per heavy atom. The summed E-state index contributed by atoms with van der Waals surface area (Å²) in [6, 6.07) is -0.530. The number of hydrogen-bond acceptors (Lipinski definition) is 5. The van der Waals surface area contributed by atoms with Gasteiger partial charge in [0.05, 0.1) is 0 Å². The van der Waals surface area contributed by atoms with Gasteiger partial charge in [-0.2, -0.15) is 13.2 Å². The van der Waals surface area contributed by atoms with Crippen LogP contribution in [0.25, 0.3) is 0 Å². The van der Waals surface area contributed by atoms with E-state index in [2.05, 4.69) is 15.5 Å². The number of piperazine rings is 1. The van der Waals surface area contributed by atoms with Crippen molar-refractivity contribution in [3.05, 3.63) is 5.01 Å². The van der Waals surface area contributed by atoms with Gasteiger partial charge in [-0.1, -0.05) is 11.3 Å². The number of alkyl halides is 3. The molecule has 5 nitrogen and oxygen atoms in total. The molecule has 17 heavy (non-hydrogen) atoms.